The minimum absolute atomic E-state index is 0.0714. The molecule has 1 fully saturated rings. The van der Waals surface area contributed by atoms with E-state index in [2.05, 4.69) is 5.10 Å². The third-order valence-corrected chi connectivity index (χ3v) is 5.52. The standard InChI is InChI=1S/C18H20FN3O3S/c1-11-14(18(24)25)10-20-22(11)13-5-7-21(8-6-13)17(23)12-3-4-15(19)16(9-12)26-2/h3-4,9-10,13H,5-8H2,1-2H3,(H,24,25). The number of rotatable bonds is 4. The van der Waals surface area contributed by atoms with E-state index in [1.54, 1.807) is 28.8 Å². The zero-order valence-electron chi connectivity index (χ0n) is 14.6. The van der Waals surface area contributed by atoms with Crippen LogP contribution in [0, 0.1) is 12.7 Å². The van der Waals surface area contributed by atoms with Gasteiger partial charge in [0.25, 0.3) is 5.91 Å². The number of thioether (sulfide) groups is 1. The molecule has 0 radical (unpaired) electrons. The molecule has 1 aliphatic rings. The number of amides is 1. The Morgan fingerprint density at radius 1 is 1.31 bits per heavy atom. The number of likely N-dealkylation sites (tertiary alicyclic amines) is 1. The molecular weight excluding hydrogens is 357 g/mol. The number of carbonyl (C=O) groups is 2. The molecule has 0 aliphatic carbocycles. The average Bonchev–Trinajstić information content (AvgIpc) is 3.03. The van der Waals surface area contributed by atoms with Crippen LogP contribution >= 0.6 is 11.8 Å². The van der Waals surface area contributed by atoms with Crippen LogP contribution in [0.15, 0.2) is 29.3 Å². The van der Waals surface area contributed by atoms with Gasteiger partial charge in [-0.2, -0.15) is 5.10 Å². The first kappa shape index (κ1) is 18.4. The van der Waals surface area contributed by atoms with Gasteiger partial charge in [-0.1, -0.05) is 0 Å². The Hall–Kier alpha value is -2.35. The maximum Gasteiger partial charge on any atom is 0.339 e. The number of benzene rings is 1. The van der Waals surface area contributed by atoms with Gasteiger partial charge in [0.1, 0.15) is 11.4 Å². The highest BCUT2D eigenvalue weighted by molar-refractivity contribution is 7.98. The molecule has 0 bridgehead atoms. The van der Waals surface area contributed by atoms with Crippen LogP contribution < -0.4 is 0 Å². The monoisotopic (exact) mass is 377 g/mol. The van der Waals surface area contributed by atoms with E-state index >= 15 is 0 Å². The number of aromatic nitrogens is 2. The maximum atomic E-state index is 13.6. The highest BCUT2D eigenvalue weighted by Gasteiger charge is 2.27. The lowest BCUT2D eigenvalue weighted by Gasteiger charge is -2.32. The summed E-state index contributed by atoms with van der Waals surface area (Å²) in [5, 5.41) is 13.4. The number of carboxylic acids is 1. The van der Waals surface area contributed by atoms with Crippen molar-refractivity contribution in [3.63, 3.8) is 0 Å². The Bertz CT molecular complexity index is 844. The fraction of sp³-hybridized carbons (Fsp3) is 0.389. The second-order valence-electron chi connectivity index (χ2n) is 6.27. The van der Waals surface area contributed by atoms with E-state index in [9.17, 15) is 14.0 Å². The van der Waals surface area contributed by atoms with Crippen molar-refractivity contribution in [2.24, 2.45) is 0 Å². The molecule has 8 heteroatoms. The van der Waals surface area contributed by atoms with E-state index in [4.69, 9.17) is 5.11 Å². The van der Waals surface area contributed by atoms with E-state index in [-0.39, 0.29) is 23.3 Å². The number of piperidine rings is 1. The predicted octanol–water partition coefficient (Wildman–Crippen LogP) is 3.23. The predicted molar refractivity (Wildman–Crippen MR) is 96.3 cm³/mol. The molecule has 2 aromatic rings. The quantitative estimate of drug-likeness (QED) is 0.828. The van der Waals surface area contributed by atoms with Gasteiger partial charge in [0, 0.05) is 23.5 Å². The van der Waals surface area contributed by atoms with Crippen molar-refractivity contribution in [1.82, 2.24) is 14.7 Å². The topological polar surface area (TPSA) is 75.4 Å². The molecule has 0 spiro atoms. The molecule has 0 unspecified atom stereocenters. The van der Waals surface area contributed by atoms with Gasteiger partial charge in [0.05, 0.1) is 17.9 Å². The summed E-state index contributed by atoms with van der Waals surface area (Å²) in [6.45, 7) is 2.85. The Balaban J connectivity index is 1.68. The van der Waals surface area contributed by atoms with Crippen LogP contribution in [0.4, 0.5) is 4.39 Å². The van der Waals surface area contributed by atoms with E-state index in [1.165, 1.54) is 30.1 Å². The van der Waals surface area contributed by atoms with Gasteiger partial charge in [0.15, 0.2) is 0 Å². The van der Waals surface area contributed by atoms with Crippen LogP contribution in [0.3, 0.4) is 0 Å². The van der Waals surface area contributed by atoms with Crippen molar-refractivity contribution < 1.29 is 19.1 Å². The second-order valence-corrected chi connectivity index (χ2v) is 7.11. The summed E-state index contributed by atoms with van der Waals surface area (Å²) in [5.41, 5.74) is 1.32. The molecule has 6 nitrogen and oxygen atoms in total. The average molecular weight is 377 g/mol. The molecule has 26 heavy (non-hydrogen) atoms. The van der Waals surface area contributed by atoms with Gasteiger partial charge in [0.2, 0.25) is 0 Å². The molecule has 0 atom stereocenters. The smallest absolute Gasteiger partial charge is 0.339 e. The van der Waals surface area contributed by atoms with Gasteiger partial charge in [-0.25, -0.2) is 9.18 Å². The number of halogens is 1. The SMILES string of the molecule is CSc1cc(C(=O)N2CCC(n3ncc(C(=O)O)c3C)CC2)ccc1F. The Kier molecular flexibility index (Phi) is 5.31. The van der Waals surface area contributed by atoms with Gasteiger partial charge < -0.3 is 10.0 Å². The number of aromatic carboxylic acids is 1. The molecule has 1 aromatic heterocycles. The summed E-state index contributed by atoms with van der Waals surface area (Å²) in [6, 6.07) is 4.50. The first-order chi connectivity index (χ1) is 12.4. The van der Waals surface area contributed by atoms with Crippen molar-refractivity contribution in [2.45, 2.75) is 30.7 Å². The van der Waals surface area contributed by atoms with E-state index in [0.29, 0.717) is 42.1 Å². The number of hydrogen-bond donors (Lipinski definition) is 1. The molecule has 138 valence electrons. The lowest BCUT2D eigenvalue weighted by Crippen LogP contribution is -2.39. The summed E-state index contributed by atoms with van der Waals surface area (Å²) >= 11 is 1.27. The first-order valence-electron chi connectivity index (χ1n) is 8.32. The minimum atomic E-state index is -0.984. The zero-order chi connectivity index (χ0) is 18.8. The van der Waals surface area contributed by atoms with Crippen molar-refractivity contribution in [3.05, 3.63) is 47.0 Å². The molecule has 1 N–H and O–H groups in total. The Morgan fingerprint density at radius 2 is 2.00 bits per heavy atom. The van der Waals surface area contributed by atoms with Crippen LogP contribution in [-0.2, 0) is 0 Å². The summed E-state index contributed by atoms with van der Waals surface area (Å²) in [6.07, 6.45) is 4.54. The van der Waals surface area contributed by atoms with Crippen LogP contribution in [0.2, 0.25) is 0 Å². The van der Waals surface area contributed by atoms with Crippen LogP contribution in [0.1, 0.15) is 45.3 Å². The molecule has 3 rings (SSSR count). The second kappa shape index (κ2) is 7.49. The molecule has 1 saturated heterocycles. The summed E-state index contributed by atoms with van der Waals surface area (Å²) in [7, 11) is 0. The molecule has 0 saturated carbocycles. The van der Waals surface area contributed by atoms with Crippen molar-refractivity contribution in [1.29, 1.82) is 0 Å². The Morgan fingerprint density at radius 3 is 2.58 bits per heavy atom. The summed E-state index contributed by atoms with van der Waals surface area (Å²) < 4.78 is 15.4. The molecule has 1 aliphatic heterocycles. The van der Waals surface area contributed by atoms with E-state index in [0.717, 1.165) is 0 Å². The van der Waals surface area contributed by atoms with Crippen molar-refractivity contribution >= 4 is 23.6 Å². The fourth-order valence-electron chi connectivity index (χ4n) is 3.29. The van der Waals surface area contributed by atoms with Gasteiger partial charge in [-0.3, -0.25) is 9.48 Å². The van der Waals surface area contributed by atoms with Crippen LogP contribution in [-0.4, -0.2) is 51.0 Å². The third-order valence-electron chi connectivity index (χ3n) is 4.77. The number of hydrogen-bond acceptors (Lipinski definition) is 4. The highest BCUT2D eigenvalue weighted by Crippen LogP contribution is 2.27. The Labute approximate surface area is 155 Å². The number of carbonyl (C=O) groups excluding carboxylic acids is 1. The zero-order valence-corrected chi connectivity index (χ0v) is 15.4. The van der Waals surface area contributed by atoms with Crippen molar-refractivity contribution in [2.75, 3.05) is 19.3 Å². The first-order valence-corrected chi connectivity index (χ1v) is 9.55. The lowest BCUT2D eigenvalue weighted by molar-refractivity contribution is 0.0687. The third kappa shape index (κ3) is 3.46. The van der Waals surface area contributed by atoms with Crippen LogP contribution in [0.5, 0.6) is 0 Å². The van der Waals surface area contributed by atoms with E-state index < -0.39 is 5.97 Å². The molecule has 1 aromatic carbocycles. The van der Waals surface area contributed by atoms with Gasteiger partial charge in [-0.15, -0.1) is 11.8 Å². The van der Waals surface area contributed by atoms with Crippen molar-refractivity contribution in [3.8, 4) is 0 Å². The fourth-order valence-corrected chi connectivity index (χ4v) is 3.80. The van der Waals surface area contributed by atoms with E-state index in [1.807, 2.05) is 0 Å². The van der Waals surface area contributed by atoms with Gasteiger partial charge in [-0.05, 0) is 44.2 Å². The minimum Gasteiger partial charge on any atom is -0.478 e. The maximum absolute atomic E-state index is 13.6. The van der Waals surface area contributed by atoms with Gasteiger partial charge >= 0.3 is 5.97 Å². The normalized spacial score (nSPS) is 15.3. The number of carboxylic acid groups (broad SMARTS) is 1. The highest BCUT2D eigenvalue weighted by atomic mass is 32.2. The molecule has 1 amide bonds. The molecular formula is C18H20FN3O3S. The largest absolute Gasteiger partial charge is 0.478 e. The van der Waals surface area contributed by atoms with Crippen LogP contribution in [0.25, 0.3) is 0 Å². The lowest BCUT2D eigenvalue weighted by atomic mass is 10.0. The summed E-state index contributed by atoms with van der Waals surface area (Å²) in [5.74, 6) is -1.42. The number of nitrogens with zero attached hydrogens (tertiary/aromatic N) is 3. The molecule has 2 heterocycles. The summed E-state index contributed by atoms with van der Waals surface area (Å²) in [4.78, 5) is 26.0.